The molecular weight excluding hydrogens is 396 g/mol. The molecule has 1 heterocycles. The van der Waals surface area contributed by atoms with Gasteiger partial charge in [0.25, 0.3) is 5.91 Å². The van der Waals surface area contributed by atoms with Crippen molar-refractivity contribution in [2.24, 2.45) is 0 Å². The van der Waals surface area contributed by atoms with Crippen molar-refractivity contribution in [2.45, 2.75) is 13.8 Å². The zero-order valence-corrected chi connectivity index (χ0v) is 18.1. The maximum absolute atomic E-state index is 13.1. The van der Waals surface area contributed by atoms with Crippen LogP contribution in [0.5, 0.6) is 0 Å². The van der Waals surface area contributed by atoms with Crippen LogP contribution in [0.2, 0.25) is 0 Å². The molecule has 29 heavy (non-hydrogen) atoms. The number of amides is 1. The molecule has 5 heteroatoms. The Morgan fingerprint density at radius 2 is 1.66 bits per heavy atom. The van der Waals surface area contributed by atoms with Gasteiger partial charge in [0.2, 0.25) is 0 Å². The Balaban J connectivity index is 1.64. The fourth-order valence-electron chi connectivity index (χ4n) is 3.61. The molecule has 1 amide bonds. The molecule has 3 aromatic carbocycles. The second kappa shape index (κ2) is 8.39. The molecule has 1 aliphatic heterocycles. The Bertz CT molecular complexity index is 1100. The third-order valence-corrected chi connectivity index (χ3v) is 6.44. The number of benzene rings is 3. The van der Waals surface area contributed by atoms with Crippen LogP contribution in [0, 0.1) is 0 Å². The van der Waals surface area contributed by atoms with E-state index < -0.39 is 0 Å². The summed E-state index contributed by atoms with van der Waals surface area (Å²) in [5.74, 6) is -0.0662. The Hall–Kier alpha value is -2.63. The van der Waals surface area contributed by atoms with E-state index in [0.29, 0.717) is 9.23 Å². The third-order valence-electron chi connectivity index (χ3n) is 5.14. The van der Waals surface area contributed by atoms with Gasteiger partial charge in [0.15, 0.2) is 4.32 Å². The number of carbonyl (C=O) groups excluding carboxylic acids is 1. The first-order valence-corrected chi connectivity index (χ1v) is 11.0. The number of anilines is 2. The van der Waals surface area contributed by atoms with E-state index in [2.05, 4.69) is 49.1 Å². The first kappa shape index (κ1) is 19.7. The third kappa shape index (κ3) is 3.80. The summed E-state index contributed by atoms with van der Waals surface area (Å²) in [6.45, 7) is 6.17. The minimum absolute atomic E-state index is 0.0662. The van der Waals surface area contributed by atoms with E-state index in [9.17, 15) is 4.79 Å². The van der Waals surface area contributed by atoms with Crippen LogP contribution in [-0.2, 0) is 4.79 Å². The number of carbonyl (C=O) groups is 1. The van der Waals surface area contributed by atoms with Crippen LogP contribution >= 0.6 is 24.0 Å². The molecule has 3 aromatic rings. The molecule has 146 valence electrons. The Labute approximate surface area is 181 Å². The van der Waals surface area contributed by atoms with Crippen LogP contribution < -0.4 is 9.80 Å². The first-order chi connectivity index (χ1) is 14.1. The molecule has 0 bridgehead atoms. The number of hydrogen-bond acceptors (Lipinski definition) is 4. The highest BCUT2D eigenvalue weighted by molar-refractivity contribution is 8.27. The van der Waals surface area contributed by atoms with E-state index in [-0.39, 0.29) is 5.91 Å². The van der Waals surface area contributed by atoms with Crippen LogP contribution in [0.25, 0.3) is 16.8 Å². The normalized spacial score (nSPS) is 15.5. The van der Waals surface area contributed by atoms with Gasteiger partial charge in [-0.15, -0.1) is 0 Å². The Morgan fingerprint density at radius 3 is 2.38 bits per heavy atom. The summed E-state index contributed by atoms with van der Waals surface area (Å²) in [4.78, 5) is 17.7. The molecule has 0 aliphatic carbocycles. The quantitative estimate of drug-likeness (QED) is 0.369. The number of hydrogen-bond donors (Lipinski definition) is 0. The van der Waals surface area contributed by atoms with E-state index in [1.165, 1.54) is 11.8 Å². The maximum Gasteiger partial charge on any atom is 0.270 e. The molecule has 0 saturated carbocycles. The number of rotatable bonds is 5. The zero-order chi connectivity index (χ0) is 20.4. The highest BCUT2D eigenvalue weighted by Gasteiger charge is 2.33. The van der Waals surface area contributed by atoms with Crippen LogP contribution in [-0.4, -0.2) is 23.3 Å². The molecule has 0 radical (unpaired) electrons. The number of fused-ring (bicyclic) bond motifs is 1. The van der Waals surface area contributed by atoms with Gasteiger partial charge in [0.1, 0.15) is 0 Å². The van der Waals surface area contributed by atoms with Gasteiger partial charge < -0.3 is 4.90 Å². The Kier molecular flexibility index (Phi) is 5.69. The first-order valence-electron chi connectivity index (χ1n) is 9.73. The molecule has 0 N–H and O–H groups in total. The minimum atomic E-state index is -0.0662. The van der Waals surface area contributed by atoms with Crippen molar-refractivity contribution in [1.82, 2.24) is 0 Å². The lowest BCUT2D eigenvalue weighted by molar-refractivity contribution is -0.113. The second-order valence-electron chi connectivity index (χ2n) is 6.77. The summed E-state index contributed by atoms with van der Waals surface area (Å²) in [7, 11) is 0. The molecule has 0 aromatic heterocycles. The fraction of sp³-hybridized carbons (Fsp3) is 0.167. The molecule has 4 rings (SSSR count). The van der Waals surface area contributed by atoms with E-state index in [4.69, 9.17) is 12.2 Å². The van der Waals surface area contributed by atoms with E-state index in [0.717, 1.165) is 40.8 Å². The minimum Gasteiger partial charge on any atom is -0.372 e. The predicted octanol–water partition coefficient (Wildman–Crippen LogP) is 6.09. The predicted molar refractivity (Wildman–Crippen MR) is 130 cm³/mol. The highest BCUT2D eigenvalue weighted by atomic mass is 32.2. The largest absolute Gasteiger partial charge is 0.372 e. The fourth-order valence-corrected chi connectivity index (χ4v) is 4.90. The summed E-state index contributed by atoms with van der Waals surface area (Å²) in [5.41, 5.74) is 2.99. The summed E-state index contributed by atoms with van der Waals surface area (Å²) >= 11 is 6.89. The molecule has 0 unspecified atom stereocenters. The Morgan fingerprint density at radius 1 is 0.966 bits per heavy atom. The molecule has 1 fully saturated rings. The molecule has 1 aliphatic rings. The van der Waals surface area contributed by atoms with Gasteiger partial charge in [-0.25, -0.2) is 0 Å². The van der Waals surface area contributed by atoms with Gasteiger partial charge in [-0.2, -0.15) is 0 Å². The average molecular weight is 419 g/mol. The molecule has 0 spiro atoms. The van der Waals surface area contributed by atoms with Gasteiger partial charge in [-0.05, 0) is 60.5 Å². The van der Waals surface area contributed by atoms with Gasteiger partial charge in [-0.3, -0.25) is 9.69 Å². The van der Waals surface area contributed by atoms with Crippen LogP contribution in [0.15, 0.2) is 71.6 Å². The van der Waals surface area contributed by atoms with E-state index in [1.54, 1.807) is 4.90 Å². The van der Waals surface area contributed by atoms with Crippen LogP contribution in [0.3, 0.4) is 0 Å². The standard InChI is InChI=1S/C24H22N2OS2/c1-3-25(4-2)19-12-14-20(15-13-19)26-23(27)22(29-24(26)28)16-18-10-7-9-17-8-5-6-11-21(17)18/h5-16H,3-4H2,1-2H3/b22-16-. The van der Waals surface area contributed by atoms with Crippen molar-refractivity contribution < 1.29 is 4.79 Å². The lowest BCUT2D eigenvalue weighted by Crippen LogP contribution is -2.27. The lowest BCUT2D eigenvalue weighted by atomic mass is 10.0. The number of nitrogens with zero attached hydrogens (tertiary/aromatic N) is 2. The molecule has 3 nitrogen and oxygen atoms in total. The van der Waals surface area contributed by atoms with Crippen LogP contribution in [0.1, 0.15) is 19.4 Å². The summed E-state index contributed by atoms with van der Waals surface area (Å²) in [6, 6.07) is 22.4. The van der Waals surface area contributed by atoms with E-state index >= 15 is 0 Å². The lowest BCUT2D eigenvalue weighted by Gasteiger charge is -2.22. The number of thiocarbonyl (C=S) groups is 1. The van der Waals surface area contributed by atoms with Crippen molar-refractivity contribution in [3.8, 4) is 0 Å². The maximum atomic E-state index is 13.1. The van der Waals surface area contributed by atoms with Gasteiger partial charge in [0, 0.05) is 18.8 Å². The average Bonchev–Trinajstić information content (AvgIpc) is 3.03. The van der Waals surface area contributed by atoms with Gasteiger partial charge in [-0.1, -0.05) is 66.4 Å². The number of thioether (sulfide) groups is 1. The molecular formula is C24H22N2OS2. The zero-order valence-electron chi connectivity index (χ0n) is 16.5. The summed E-state index contributed by atoms with van der Waals surface area (Å²) in [6.07, 6.45) is 1.95. The summed E-state index contributed by atoms with van der Waals surface area (Å²) in [5, 5.41) is 2.28. The van der Waals surface area contributed by atoms with Crippen molar-refractivity contribution in [2.75, 3.05) is 22.9 Å². The smallest absolute Gasteiger partial charge is 0.270 e. The molecule has 0 atom stereocenters. The van der Waals surface area contributed by atoms with E-state index in [1.807, 2.05) is 42.5 Å². The van der Waals surface area contributed by atoms with Crippen molar-refractivity contribution in [3.05, 3.63) is 77.2 Å². The van der Waals surface area contributed by atoms with Gasteiger partial charge in [0.05, 0.1) is 10.6 Å². The van der Waals surface area contributed by atoms with Crippen LogP contribution in [0.4, 0.5) is 11.4 Å². The SMILES string of the molecule is CCN(CC)c1ccc(N2C(=O)/C(=C/c3cccc4ccccc34)SC2=S)cc1. The monoisotopic (exact) mass is 418 g/mol. The molecule has 1 saturated heterocycles. The van der Waals surface area contributed by atoms with Crippen molar-refractivity contribution >= 4 is 62.4 Å². The van der Waals surface area contributed by atoms with Crippen molar-refractivity contribution in [3.63, 3.8) is 0 Å². The van der Waals surface area contributed by atoms with Gasteiger partial charge >= 0.3 is 0 Å². The highest BCUT2D eigenvalue weighted by Crippen LogP contribution is 2.37. The summed E-state index contributed by atoms with van der Waals surface area (Å²) < 4.78 is 0.567. The second-order valence-corrected chi connectivity index (χ2v) is 8.45. The van der Waals surface area contributed by atoms with Crippen molar-refractivity contribution in [1.29, 1.82) is 0 Å². The topological polar surface area (TPSA) is 23.6 Å².